The number of allylic oxidation sites excluding steroid dienone is 2. The maximum absolute atomic E-state index is 13.3. The van der Waals surface area contributed by atoms with Crippen LogP contribution in [-0.2, 0) is 15.8 Å². The molecule has 0 bridgehead atoms. The second-order valence-corrected chi connectivity index (χ2v) is 8.08. The average Bonchev–Trinajstić information content (AvgIpc) is 2.78. The largest absolute Gasteiger partial charge is 0.494 e. The molecule has 1 unspecified atom stereocenters. The zero-order valence-electron chi connectivity index (χ0n) is 18.2. The first-order valence-corrected chi connectivity index (χ1v) is 10.8. The van der Waals surface area contributed by atoms with Gasteiger partial charge in [-0.2, -0.15) is 13.2 Å². The number of rotatable bonds is 5. The van der Waals surface area contributed by atoms with Crippen LogP contribution in [0.15, 0.2) is 53.7 Å². The van der Waals surface area contributed by atoms with Crippen molar-refractivity contribution in [2.24, 2.45) is 0 Å². The Balaban J connectivity index is 1.82. The Morgan fingerprint density at radius 3 is 2.44 bits per heavy atom. The minimum absolute atomic E-state index is 0.0338. The molecule has 0 radical (unpaired) electrons. The first kappa shape index (κ1) is 23.5. The van der Waals surface area contributed by atoms with Crippen molar-refractivity contribution in [1.29, 1.82) is 0 Å². The van der Waals surface area contributed by atoms with E-state index in [1.807, 2.05) is 0 Å². The van der Waals surface area contributed by atoms with Crippen LogP contribution in [0, 0.1) is 10.1 Å². The average molecular weight is 474 g/mol. The molecule has 0 aromatic heterocycles. The summed E-state index contributed by atoms with van der Waals surface area (Å²) >= 11 is 0. The van der Waals surface area contributed by atoms with Crippen molar-refractivity contribution in [1.82, 2.24) is 0 Å². The smallest absolute Gasteiger partial charge is 0.416 e. The number of nitro benzene ring substituents is 1. The van der Waals surface area contributed by atoms with E-state index in [2.05, 4.69) is 0 Å². The maximum Gasteiger partial charge on any atom is 0.416 e. The fourth-order valence-electron chi connectivity index (χ4n) is 4.56. The van der Waals surface area contributed by atoms with E-state index < -0.39 is 28.5 Å². The van der Waals surface area contributed by atoms with Crippen LogP contribution >= 0.6 is 0 Å². The number of hydrogen-bond donors (Lipinski definition) is 0. The van der Waals surface area contributed by atoms with Gasteiger partial charge in [-0.3, -0.25) is 24.6 Å². The van der Waals surface area contributed by atoms with E-state index in [9.17, 15) is 32.9 Å². The van der Waals surface area contributed by atoms with Crippen LogP contribution in [0.25, 0.3) is 0 Å². The monoisotopic (exact) mass is 474 g/mol. The standard InChI is InChI=1S/C24H21F3N2O5/c1-2-34-16-10-11-18(20(12-16)29(32)33)28-19-4-3-5-21(30)23(19)17(13-22(28)31)14-6-8-15(9-7-14)24(25,26)27/h6-12,17H,2-5,13H2,1H3. The summed E-state index contributed by atoms with van der Waals surface area (Å²) in [5, 5.41) is 11.8. The molecule has 0 N–H and O–H groups in total. The number of Topliss-reactive ketones (excluding diaryl/α,β-unsaturated/α-hetero) is 1. The number of alkyl halides is 3. The molecule has 2 aromatic carbocycles. The Bertz CT molecular complexity index is 1190. The van der Waals surface area contributed by atoms with Gasteiger partial charge >= 0.3 is 6.18 Å². The predicted molar refractivity (Wildman–Crippen MR) is 116 cm³/mol. The topological polar surface area (TPSA) is 89.8 Å². The molecule has 1 aliphatic heterocycles. The number of carbonyl (C=O) groups is 2. The lowest BCUT2D eigenvalue weighted by Crippen LogP contribution is -2.40. The van der Waals surface area contributed by atoms with Crippen LogP contribution in [-0.4, -0.2) is 23.2 Å². The Hall–Kier alpha value is -3.69. The van der Waals surface area contributed by atoms with E-state index in [-0.39, 0.29) is 35.7 Å². The summed E-state index contributed by atoms with van der Waals surface area (Å²) < 4.78 is 44.3. The molecule has 0 fully saturated rings. The minimum Gasteiger partial charge on any atom is -0.494 e. The van der Waals surface area contributed by atoms with Gasteiger partial charge in [0.15, 0.2) is 5.78 Å². The van der Waals surface area contributed by atoms with Crippen LogP contribution in [0.5, 0.6) is 5.75 Å². The molecule has 4 rings (SSSR count). The lowest BCUT2D eigenvalue weighted by molar-refractivity contribution is -0.384. The molecule has 178 valence electrons. The highest BCUT2D eigenvalue weighted by molar-refractivity contribution is 6.08. The van der Waals surface area contributed by atoms with Crippen LogP contribution in [0.4, 0.5) is 24.5 Å². The molecule has 1 aliphatic carbocycles. The van der Waals surface area contributed by atoms with Gasteiger partial charge in [0.1, 0.15) is 11.4 Å². The van der Waals surface area contributed by atoms with Crippen LogP contribution in [0.3, 0.4) is 0 Å². The third-order valence-electron chi connectivity index (χ3n) is 6.01. The SMILES string of the molecule is CCOc1ccc(N2C(=O)CC(c3ccc(C(F)(F)F)cc3)C3=C2CCCC3=O)c([N+](=O)[O-])c1. The molecule has 2 aromatic rings. The fourth-order valence-corrected chi connectivity index (χ4v) is 4.56. The summed E-state index contributed by atoms with van der Waals surface area (Å²) in [6.45, 7) is 2.04. The number of halogens is 3. The highest BCUT2D eigenvalue weighted by Crippen LogP contribution is 2.46. The summed E-state index contributed by atoms with van der Waals surface area (Å²) in [6.07, 6.45) is -3.65. The molecular weight excluding hydrogens is 453 g/mol. The van der Waals surface area contributed by atoms with Crippen molar-refractivity contribution in [3.8, 4) is 5.75 Å². The summed E-state index contributed by atoms with van der Waals surface area (Å²) in [7, 11) is 0. The minimum atomic E-state index is -4.50. The highest BCUT2D eigenvalue weighted by atomic mass is 19.4. The van der Waals surface area contributed by atoms with Crippen molar-refractivity contribution in [2.75, 3.05) is 11.5 Å². The second kappa shape index (κ2) is 8.92. The molecule has 34 heavy (non-hydrogen) atoms. The number of hydrogen-bond acceptors (Lipinski definition) is 5. The molecule has 10 heteroatoms. The van der Waals surface area contributed by atoms with Gasteiger partial charge in [-0.1, -0.05) is 12.1 Å². The lowest BCUT2D eigenvalue weighted by Gasteiger charge is -2.38. The van der Waals surface area contributed by atoms with Gasteiger partial charge in [0, 0.05) is 30.0 Å². The Morgan fingerprint density at radius 2 is 1.82 bits per heavy atom. The van der Waals surface area contributed by atoms with Crippen molar-refractivity contribution >= 4 is 23.1 Å². The zero-order chi connectivity index (χ0) is 24.6. The molecule has 0 spiro atoms. The second-order valence-electron chi connectivity index (χ2n) is 8.08. The van der Waals surface area contributed by atoms with E-state index in [1.54, 1.807) is 6.92 Å². The quantitative estimate of drug-likeness (QED) is 0.419. The molecule has 0 saturated heterocycles. The van der Waals surface area contributed by atoms with E-state index in [4.69, 9.17) is 4.74 Å². The molecule has 0 saturated carbocycles. The van der Waals surface area contributed by atoms with Crippen molar-refractivity contribution in [2.45, 2.75) is 44.7 Å². The molecule has 7 nitrogen and oxygen atoms in total. The fraction of sp³-hybridized carbons (Fsp3) is 0.333. The highest BCUT2D eigenvalue weighted by Gasteiger charge is 2.42. The summed E-state index contributed by atoms with van der Waals surface area (Å²) in [6, 6.07) is 8.59. The molecule has 1 atom stereocenters. The van der Waals surface area contributed by atoms with Crippen LogP contribution in [0.1, 0.15) is 49.7 Å². The first-order valence-electron chi connectivity index (χ1n) is 10.8. The van der Waals surface area contributed by atoms with Crippen LogP contribution < -0.4 is 9.64 Å². The van der Waals surface area contributed by atoms with Gasteiger partial charge in [-0.05, 0) is 49.6 Å². The van der Waals surface area contributed by atoms with Gasteiger partial charge in [-0.15, -0.1) is 0 Å². The lowest BCUT2D eigenvalue weighted by atomic mass is 9.77. The van der Waals surface area contributed by atoms with E-state index in [0.717, 1.165) is 12.1 Å². The summed E-state index contributed by atoms with van der Waals surface area (Å²) in [5.74, 6) is -1.11. The number of nitrogens with zero attached hydrogens (tertiary/aromatic N) is 2. The van der Waals surface area contributed by atoms with E-state index in [1.165, 1.54) is 35.2 Å². The Kier molecular flexibility index (Phi) is 6.16. The number of nitro groups is 1. The van der Waals surface area contributed by atoms with Gasteiger partial charge in [-0.25, -0.2) is 0 Å². The number of anilines is 1. The number of carbonyl (C=O) groups excluding carboxylic acids is 2. The molecular formula is C24H21F3N2O5. The number of ether oxygens (including phenoxy) is 1. The van der Waals surface area contributed by atoms with Gasteiger partial charge in [0.05, 0.1) is 23.2 Å². The Labute approximate surface area is 193 Å². The summed E-state index contributed by atoms with van der Waals surface area (Å²) in [5.41, 5.74) is -0.0127. The predicted octanol–water partition coefficient (Wildman–Crippen LogP) is 5.54. The molecule has 2 aliphatic rings. The molecule has 1 amide bonds. The number of benzene rings is 2. The first-order chi connectivity index (χ1) is 16.1. The van der Waals surface area contributed by atoms with Crippen molar-refractivity contribution in [3.05, 3.63) is 75.0 Å². The van der Waals surface area contributed by atoms with Crippen LogP contribution in [0.2, 0.25) is 0 Å². The van der Waals surface area contributed by atoms with E-state index in [0.29, 0.717) is 36.3 Å². The van der Waals surface area contributed by atoms with Crippen molar-refractivity contribution < 1.29 is 32.4 Å². The van der Waals surface area contributed by atoms with Gasteiger partial charge in [0.25, 0.3) is 5.69 Å². The number of amides is 1. The maximum atomic E-state index is 13.3. The normalized spacial score (nSPS) is 18.7. The zero-order valence-corrected chi connectivity index (χ0v) is 18.2. The summed E-state index contributed by atoms with van der Waals surface area (Å²) in [4.78, 5) is 38.6. The molecule has 1 heterocycles. The van der Waals surface area contributed by atoms with Crippen molar-refractivity contribution in [3.63, 3.8) is 0 Å². The third-order valence-corrected chi connectivity index (χ3v) is 6.01. The Morgan fingerprint density at radius 1 is 1.12 bits per heavy atom. The van der Waals surface area contributed by atoms with Gasteiger partial charge in [0.2, 0.25) is 5.91 Å². The van der Waals surface area contributed by atoms with E-state index >= 15 is 0 Å². The third kappa shape index (κ3) is 4.27. The van der Waals surface area contributed by atoms with Gasteiger partial charge < -0.3 is 4.74 Å². The number of ketones is 1.